The lowest BCUT2D eigenvalue weighted by Gasteiger charge is -2.14. The average molecular weight is 319 g/mol. The zero-order chi connectivity index (χ0) is 13.9. The highest BCUT2D eigenvalue weighted by atomic mass is 79.9. The van der Waals surface area contributed by atoms with Crippen LogP contribution in [-0.2, 0) is 6.54 Å². The Morgan fingerprint density at radius 1 is 1.26 bits per heavy atom. The fourth-order valence-corrected chi connectivity index (χ4v) is 2.61. The minimum absolute atomic E-state index is 0.193. The largest absolute Gasteiger partial charge is 0.347 e. The summed E-state index contributed by atoms with van der Waals surface area (Å²) >= 11 is 3.52. The highest BCUT2D eigenvalue weighted by Crippen LogP contribution is 2.24. The van der Waals surface area contributed by atoms with E-state index in [2.05, 4.69) is 57.0 Å². The first-order chi connectivity index (χ1) is 9.02. The van der Waals surface area contributed by atoms with Crippen LogP contribution in [0.3, 0.4) is 0 Å². The Balaban J connectivity index is 1.96. The molecule has 2 nitrogen and oxygen atoms in total. The highest BCUT2D eigenvalue weighted by molar-refractivity contribution is 9.10. The molecule has 0 saturated heterocycles. The van der Waals surface area contributed by atoms with E-state index in [9.17, 15) is 0 Å². The molecule has 0 N–H and O–H groups in total. The quantitative estimate of drug-likeness (QED) is 0.703. The Bertz CT molecular complexity index is 605. The van der Waals surface area contributed by atoms with Crippen molar-refractivity contribution in [3.05, 3.63) is 34.9 Å². The monoisotopic (exact) mass is 318 g/mol. The summed E-state index contributed by atoms with van der Waals surface area (Å²) in [6.45, 7) is 5.03. The van der Waals surface area contributed by atoms with E-state index in [0.29, 0.717) is 0 Å². The van der Waals surface area contributed by atoms with E-state index >= 15 is 0 Å². The molecule has 0 amide bonds. The standard InChI is InChI=1S/C16H19BrN2/c1-16(2,12-18)8-3-4-9-19-10-7-13-5-6-14(17)11-15(13)19/h5-7,10-11H,3-4,8-9H2,1-2H3. The summed E-state index contributed by atoms with van der Waals surface area (Å²) in [6.07, 6.45) is 5.31. The summed E-state index contributed by atoms with van der Waals surface area (Å²) in [5.41, 5.74) is 1.08. The van der Waals surface area contributed by atoms with E-state index in [4.69, 9.17) is 5.26 Å². The lowest BCUT2D eigenvalue weighted by molar-refractivity contribution is 0.418. The number of hydrogen-bond donors (Lipinski definition) is 0. The van der Waals surface area contributed by atoms with Crippen LogP contribution in [0.4, 0.5) is 0 Å². The molecule has 3 heteroatoms. The normalized spacial score (nSPS) is 11.7. The molecule has 0 atom stereocenters. The number of unbranched alkanes of at least 4 members (excludes halogenated alkanes) is 1. The Kier molecular flexibility index (Phi) is 4.31. The number of nitriles is 1. The number of fused-ring (bicyclic) bond motifs is 1. The van der Waals surface area contributed by atoms with E-state index in [0.717, 1.165) is 30.3 Å². The van der Waals surface area contributed by atoms with Crippen LogP contribution < -0.4 is 0 Å². The molecule has 0 aliphatic rings. The second kappa shape index (κ2) is 5.79. The molecule has 0 bridgehead atoms. The molecule has 1 heterocycles. The second-order valence-electron chi connectivity index (χ2n) is 5.67. The van der Waals surface area contributed by atoms with Crippen molar-refractivity contribution in [3.8, 4) is 6.07 Å². The third-order valence-electron chi connectivity index (χ3n) is 3.49. The smallest absolute Gasteiger partial charge is 0.0683 e. The molecule has 0 unspecified atom stereocenters. The van der Waals surface area contributed by atoms with E-state index in [-0.39, 0.29) is 5.41 Å². The van der Waals surface area contributed by atoms with Crippen molar-refractivity contribution in [2.45, 2.75) is 39.7 Å². The molecule has 0 saturated carbocycles. The Morgan fingerprint density at radius 2 is 2.05 bits per heavy atom. The molecular weight excluding hydrogens is 300 g/mol. The third-order valence-corrected chi connectivity index (χ3v) is 3.98. The van der Waals surface area contributed by atoms with Crippen LogP contribution in [-0.4, -0.2) is 4.57 Å². The lowest BCUT2D eigenvalue weighted by Crippen LogP contribution is -2.08. The molecule has 2 rings (SSSR count). The van der Waals surface area contributed by atoms with Gasteiger partial charge in [-0.05, 0) is 50.3 Å². The summed E-state index contributed by atoms with van der Waals surface area (Å²) in [5.74, 6) is 0. The SMILES string of the molecule is CC(C)(C#N)CCCCn1ccc2ccc(Br)cc21. The molecule has 2 aromatic rings. The molecule has 0 radical (unpaired) electrons. The van der Waals surface area contributed by atoms with Gasteiger partial charge in [-0.25, -0.2) is 0 Å². The fraction of sp³-hybridized carbons (Fsp3) is 0.438. The van der Waals surface area contributed by atoms with Gasteiger partial charge >= 0.3 is 0 Å². The minimum atomic E-state index is -0.193. The van der Waals surface area contributed by atoms with Gasteiger partial charge in [0.05, 0.1) is 11.5 Å². The number of hydrogen-bond acceptors (Lipinski definition) is 1. The van der Waals surface area contributed by atoms with Gasteiger partial charge in [0, 0.05) is 22.7 Å². The summed E-state index contributed by atoms with van der Waals surface area (Å²) in [4.78, 5) is 0. The van der Waals surface area contributed by atoms with Crippen molar-refractivity contribution < 1.29 is 0 Å². The molecule has 19 heavy (non-hydrogen) atoms. The molecule has 0 spiro atoms. The van der Waals surface area contributed by atoms with Crippen LogP contribution in [0, 0.1) is 16.7 Å². The van der Waals surface area contributed by atoms with Gasteiger partial charge in [-0.3, -0.25) is 0 Å². The van der Waals surface area contributed by atoms with Gasteiger partial charge in [0.15, 0.2) is 0 Å². The summed E-state index contributed by atoms with van der Waals surface area (Å²) < 4.78 is 3.41. The Labute approximate surface area is 123 Å². The Hall–Kier alpha value is -1.27. The zero-order valence-corrected chi connectivity index (χ0v) is 13.1. The Morgan fingerprint density at radius 3 is 2.79 bits per heavy atom. The van der Waals surface area contributed by atoms with Crippen molar-refractivity contribution in [1.82, 2.24) is 4.57 Å². The van der Waals surface area contributed by atoms with Gasteiger partial charge in [-0.15, -0.1) is 0 Å². The van der Waals surface area contributed by atoms with Crippen LogP contribution in [0.1, 0.15) is 33.1 Å². The topological polar surface area (TPSA) is 28.7 Å². The van der Waals surface area contributed by atoms with Crippen molar-refractivity contribution in [3.63, 3.8) is 0 Å². The number of halogens is 1. The summed E-state index contributed by atoms with van der Waals surface area (Å²) in [7, 11) is 0. The van der Waals surface area contributed by atoms with Gasteiger partial charge in [0.2, 0.25) is 0 Å². The van der Waals surface area contributed by atoms with Crippen LogP contribution in [0.5, 0.6) is 0 Å². The van der Waals surface area contributed by atoms with Crippen molar-refractivity contribution in [2.24, 2.45) is 5.41 Å². The average Bonchev–Trinajstić information content (AvgIpc) is 2.77. The predicted molar refractivity (Wildman–Crippen MR) is 82.9 cm³/mol. The molecule has 100 valence electrons. The van der Waals surface area contributed by atoms with Crippen molar-refractivity contribution >= 4 is 26.8 Å². The number of rotatable bonds is 5. The zero-order valence-electron chi connectivity index (χ0n) is 11.5. The van der Waals surface area contributed by atoms with Gasteiger partial charge in [0.1, 0.15) is 0 Å². The van der Waals surface area contributed by atoms with E-state index < -0.39 is 0 Å². The second-order valence-corrected chi connectivity index (χ2v) is 6.58. The number of benzene rings is 1. The molecule has 0 fully saturated rings. The molecule has 0 aliphatic heterocycles. The van der Waals surface area contributed by atoms with E-state index in [1.54, 1.807) is 0 Å². The van der Waals surface area contributed by atoms with Gasteiger partial charge in [-0.2, -0.15) is 5.26 Å². The number of nitrogens with zero attached hydrogens (tertiary/aromatic N) is 2. The van der Waals surface area contributed by atoms with Gasteiger partial charge in [0.25, 0.3) is 0 Å². The van der Waals surface area contributed by atoms with Gasteiger partial charge in [-0.1, -0.05) is 28.4 Å². The summed E-state index contributed by atoms with van der Waals surface area (Å²) in [5, 5.41) is 10.3. The third kappa shape index (κ3) is 3.61. The summed E-state index contributed by atoms with van der Waals surface area (Å²) in [6, 6.07) is 10.9. The molecule has 0 aliphatic carbocycles. The van der Waals surface area contributed by atoms with Crippen LogP contribution in [0.2, 0.25) is 0 Å². The lowest BCUT2D eigenvalue weighted by atomic mass is 9.89. The van der Waals surface area contributed by atoms with E-state index in [1.165, 1.54) is 10.9 Å². The molecular formula is C16H19BrN2. The van der Waals surface area contributed by atoms with Crippen molar-refractivity contribution in [2.75, 3.05) is 0 Å². The minimum Gasteiger partial charge on any atom is -0.347 e. The van der Waals surface area contributed by atoms with Crippen LogP contribution in [0.15, 0.2) is 34.9 Å². The van der Waals surface area contributed by atoms with Gasteiger partial charge < -0.3 is 4.57 Å². The van der Waals surface area contributed by atoms with Crippen LogP contribution in [0.25, 0.3) is 10.9 Å². The first-order valence-electron chi connectivity index (χ1n) is 6.67. The molecule has 1 aromatic heterocycles. The fourth-order valence-electron chi connectivity index (χ4n) is 2.26. The maximum Gasteiger partial charge on any atom is 0.0683 e. The first-order valence-corrected chi connectivity index (χ1v) is 7.47. The molecule has 1 aromatic carbocycles. The van der Waals surface area contributed by atoms with E-state index in [1.807, 2.05) is 13.8 Å². The number of aryl methyl sites for hydroxylation is 1. The van der Waals surface area contributed by atoms with Crippen LogP contribution >= 0.6 is 15.9 Å². The highest BCUT2D eigenvalue weighted by Gasteiger charge is 2.15. The first kappa shape index (κ1) is 14.1. The van der Waals surface area contributed by atoms with Crippen molar-refractivity contribution in [1.29, 1.82) is 5.26 Å². The number of aromatic nitrogens is 1. The maximum absolute atomic E-state index is 8.99. The predicted octanol–water partition coefficient (Wildman–Crippen LogP) is 5.12. The maximum atomic E-state index is 8.99.